The van der Waals surface area contributed by atoms with Crippen molar-refractivity contribution in [1.29, 1.82) is 0 Å². The van der Waals surface area contributed by atoms with Gasteiger partial charge in [-0.25, -0.2) is 0 Å². The normalized spacial score (nSPS) is 19.2. The van der Waals surface area contributed by atoms with E-state index in [1.54, 1.807) is 6.92 Å². The van der Waals surface area contributed by atoms with E-state index in [2.05, 4.69) is 5.32 Å². The molecular weight excluding hydrogens is 351 g/mol. The number of aliphatic carboxylic acids is 1. The first kappa shape index (κ1) is 18.0. The Balaban J connectivity index is 1.75. The molecule has 2 unspecified atom stereocenters. The van der Waals surface area contributed by atoms with Crippen molar-refractivity contribution in [2.75, 3.05) is 0 Å². The molecule has 1 fully saturated rings. The van der Waals surface area contributed by atoms with Crippen molar-refractivity contribution in [2.45, 2.75) is 37.9 Å². The molecule has 2 N–H and O–H groups in total. The highest BCUT2D eigenvalue weighted by Gasteiger charge is 2.45. The molecule has 1 saturated carbocycles. The van der Waals surface area contributed by atoms with Gasteiger partial charge in [-0.15, -0.1) is 0 Å². The number of hydrogen-bond donors (Lipinski definition) is 2. The first-order chi connectivity index (χ1) is 12.2. The predicted octanol–water partition coefficient (Wildman–Crippen LogP) is 3.52. The van der Waals surface area contributed by atoms with Gasteiger partial charge in [0.1, 0.15) is 12.2 Å². The van der Waals surface area contributed by atoms with Crippen molar-refractivity contribution in [2.24, 2.45) is 0 Å². The van der Waals surface area contributed by atoms with Crippen LogP contribution in [0.1, 0.15) is 45.1 Å². The number of alkyl halides is 3. The quantitative estimate of drug-likeness (QED) is 0.848. The lowest BCUT2D eigenvalue weighted by atomic mass is 10.0. The largest absolute Gasteiger partial charge is 0.481 e. The lowest BCUT2D eigenvalue weighted by Crippen LogP contribution is -2.28. The fourth-order valence-corrected chi connectivity index (χ4v) is 3.09. The van der Waals surface area contributed by atoms with Gasteiger partial charge >= 0.3 is 12.1 Å². The Bertz CT molecular complexity index is 856. The Kier molecular flexibility index (Phi) is 4.52. The molecule has 1 aliphatic rings. The molecule has 0 radical (unpaired) electrons. The highest BCUT2D eigenvalue weighted by atomic mass is 19.4. The van der Waals surface area contributed by atoms with Crippen LogP contribution in [0, 0.1) is 6.92 Å². The molecule has 2 atom stereocenters. The Morgan fingerprint density at radius 1 is 1.31 bits per heavy atom. The molecule has 2 aromatic rings. The van der Waals surface area contributed by atoms with E-state index in [1.165, 1.54) is 24.5 Å². The summed E-state index contributed by atoms with van der Waals surface area (Å²) in [5.41, 5.74) is 0.0570. The topological polar surface area (TPSA) is 79.5 Å². The molecule has 1 heterocycles. The van der Waals surface area contributed by atoms with Crippen LogP contribution in [0.25, 0.3) is 0 Å². The maximum absolute atomic E-state index is 13.1. The van der Waals surface area contributed by atoms with Crippen molar-refractivity contribution in [1.82, 2.24) is 5.32 Å². The van der Waals surface area contributed by atoms with Crippen LogP contribution in [0.2, 0.25) is 0 Å². The Labute approximate surface area is 146 Å². The number of halogens is 3. The lowest BCUT2D eigenvalue weighted by molar-refractivity contribution is -0.138. The molecule has 1 amide bonds. The number of furan rings is 1. The first-order valence-electron chi connectivity index (χ1n) is 7.94. The minimum absolute atomic E-state index is 0.0281. The Hall–Kier alpha value is -2.77. The molecule has 3 rings (SSSR count). The highest BCUT2D eigenvalue weighted by molar-refractivity contribution is 5.97. The van der Waals surface area contributed by atoms with Gasteiger partial charge in [0, 0.05) is 17.5 Å². The third-order valence-corrected chi connectivity index (χ3v) is 4.36. The average Bonchev–Trinajstić information content (AvgIpc) is 3.21. The number of hydrogen-bond acceptors (Lipinski definition) is 3. The number of carboxylic acid groups (broad SMARTS) is 1. The van der Waals surface area contributed by atoms with E-state index in [9.17, 15) is 22.8 Å². The lowest BCUT2D eigenvalue weighted by Gasteiger charge is -2.12. The van der Waals surface area contributed by atoms with Crippen LogP contribution in [-0.2, 0) is 17.4 Å². The molecule has 1 aromatic carbocycles. The van der Waals surface area contributed by atoms with Gasteiger partial charge in [-0.2, -0.15) is 13.2 Å². The Morgan fingerprint density at radius 3 is 2.65 bits per heavy atom. The number of carbonyl (C=O) groups excluding carboxylic acids is 1. The zero-order valence-corrected chi connectivity index (χ0v) is 13.8. The summed E-state index contributed by atoms with van der Waals surface area (Å²) in [7, 11) is 0. The zero-order chi connectivity index (χ0) is 19.1. The van der Waals surface area contributed by atoms with E-state index in [4.69, 9.17) is 9.52 Å². The standard InChI is InChI=1S/C18H16F3NO4/c1-9-8-26-14(7-15(23)24)16(9)17(25)22-13-6-11(13)10-4-2-3-5-12(10)18(19,20)21/h2-5,8,11,13H,6-7H2,1H3,(H,22,25)(H,23,24). The summed E-state index contributed by atoms with van der Waals surface area (Å²) in [6, 6.07) is 4.87. The highest BCUT2D eigenvalue weighted by Crippen LogP contribution is 2.46. The molecule has 5 nitrogen and oxygen atoms in total. The second-order valence-electron chi connectivity index (χ2n) is 6.29. The molecule has 138 valence electrons. The van der Waals surface area contributed by atoms with Crippen molar-refractivity contribution in [3.8, 4) is 0 Å². The third kappa shape index (κ3) is 3.58. The molecule has 1 aromatic heterocycles. The molecule has 0 spiro atoms. The van der Waals surface area contributed by atoms with Gasteiger partial charge in [-0.05, 0) is 25.0 Å². The molecule has 0 bridgehead atoms. The fraction of sp³-hybridized carbons (Fsp3) is 0.333. The number of aryl methyl sites for hydroxylation is 1. The van der Waals surface area contributed by atoms with Gasteiger partial charge in [0.15, 0.2) is 0 Å². The van der Waals surface area contributed by atoms with Crippen molar-refractivity contribution >= 4 is 11.9 Å². The maximum atomic E-state index is 13.1. The second kappa shape index (κ2) is 6.51. The van der Waals surface area contributed by atoms with Gasteiger partial charge in [0.2, 0.25) is 0 Å². The summed E-state index contributed by atoms with van der Waals surface area (Å²) in [5, 5.41) is 11.6. The van der Waals surface area contributed by atoms with Crippen molar-refractivity contribution in [3.63, 3.8) is 0 Å². The van der Waals surface area contributed by atoms with Gasteiger partial charge in [-0.1, -0.05) is 18.2 Å². The summed E-state index contributed by atoms with van der Waals surface area (Å²) in [4.78, 5) is 23.3. The van der Waals surface area contributed by atoms with Gasteiger partial charge in [0.05, 0.1) is 17.4 Å². The van der Waals surface area contributed by atoms with E-state index in [1.807, 2.05) is 0 Å². The number of amides is 1. The fourth-order valence-electron chi connectivity index (χ4n) is 3.09. The predicted molar refractivity (Wildman–Crippen MR) is 84.8 cm³/mol. The van der Waals surface area contributed by atoms with Crippen LogP contribution in [-0.4, -0.2) is 23.0 Å². The SMILES string of the molecule is Cc1coc(CC(=O)O)c1C(=O)NC1CC1c1ccccc1C(F)(F)F. The summed E-state index contributed by atoms with van der Waals surface area (Å²) in [5.74, 6) is -2.08. The monoisotopic (exact) mass is 367 g/mol. The minimum atomic E-state index is -4.45. The summed E-state index contributed by atoms with van der Waals surface area (Å²) in [6.07, 6.45) is -3.22. The van der Waals surface area contributed by atoms with Gasteiger partial charge in [0.25, 0.3) is 5.91 Å². The molecule has 26 heavy (non-hydrogen) atoms. The number of rotatable bonds is 5. The van der Waals surface area contributed by atoms with Crippen molar-refractivity contribution < 1.29 is 32.3 Å². The van der Waals surface area contributed by atoms with Gasteiger partial charge in [-0.3, -0.25) is 9.59 Å². The van der Waals surface area contributed by atoms with Crippen LogP contribution < -0.4 is 5.32 Å². The Morgan fingerprint density at radius 2 is 2.00 bits per heavy atom. The number of carbonyl (C=O) groups is 2. The summed E-state index contributed by atoms with van der Waals surface area (Å²) in [6.45, 7) is 1.60. The molecule has 0 aliphatic heterocycles. The average molecular weight is 367 g/mol. The van der Waals surface area contributed by atoms with E-state index in [-0.39, 0.29) is 16.9 Å². The zero-order valence-electron chi connectivity index (χ0n) is 13.8. The van der Waals surface area contributed by atoms with Crippen LogP contribution in [0.5, 0.6) is 0 Å². The molecule has 1 aliphatic carbocycles. The summed E-state index contributed by atoms with van der Waals surface area (Å²) < 4.78 is 44.5. The minimum Gasteiger partial charge on any atom is -0.481 e. The number of benzene rings is 1. The second-order valence-corrected chi connectivity index (χ2v) is 6.29. The van der Waals surface area contributed by atoms with Crippen LogP contribution in [0.15, 0.2) is 34.9 Å². The van der Waals surface area contributed by atoms with Crippen LogP contribution in [0.4, 0.5) is 13.2 Å². The third-order valence-electron chi connectivity index (χ3n) is 4.36. The smallest absolute Gasteiger partial charge is 0.416 e. The molecule has 8 heteroatoms. The van der Waals surface area contributed by atoms with Crippen molar-refractivity contribution in [3.05, 3.63) is 58.5 Å². The van der Waals surface area contributed by atoms with E-state index in [0.717, 1.165) is 6.07 Å². The molecule has 0 saturated heterocycles. The maximum Gasteiger partial charge on any atom is 0.416 e. The van der Waals surface area contributed by atoms with Gasteiger partial charge < -0.3 is 14.8 Å². The summed E-state index contributed by atoms with van der Waals surface area (Å²) >= 11 is 0. The van der Waals surface area contributed by atoms with E-state index >= 15 is 0 Å². The molecular formula is C18H16F3NO4. The van der Waals surface area contributed by atoms with Crippen LogP contribution in [0.3, 0.4) is 0 Å². The van der Waals surface area contributed by atoms with E-state index in [0.29, 0.717) is 12.0 Å². The van der Waals surface area contributed by atoms with E-state index < -0.39 is 42.0 Å². The number of carboxylic acids is 1. The first-order valence-corrected chi connectivity index (χ1v) is 7.94. The number of nitrogens with one attached hydrogen (secondary N) is 1. The van der Waals surface area contributed by atoms with Crippen LogP contribution >= 0.6 is 0 Å².